The van der Waals surface area contributed by atoms with Crippen molar-refractivity contribution in [1.82, 2.24) is 0 Å². The van der Waals surface area contributed by atoms with Gasteiger partial charge in [-0.2, -0.15) is 0 Å². The van der Waals surface area contributed by atoms with Gasteiger partial charge in [0.2, 0.25) is 0 Å². The molecule has 0 radical (unpaired) electrons. The molecule has 0 bridgehead atoms. The van der Waals surface area contributed by atoms with E-state index >= 15 is 0 Å². The van der Waals surface area contributed by atoms with E-state index in [4.69, 9.17) is 22.4 Å². The van der Waals surface area contributed by atoms with E-state index in [-0.39, 0.29) is 5.78 Å². The van der Waals surface area contributed by atoms with Crippen LogP contribution in [0.5, 0.6) is 0 Å². The molecule has 3 N–H and O–H groups in total. The normalized spacial score (nSPS) is 14.7. The summed E-state index contributed by atoms with van der Waals surface area (Å²) in [5, 5.41) is 9.71. The first kappa shape index (κ1) is 12.2. The first-order valence-corrected chi connectivity index (χ1v) is 5.10. The summed E-state index contributed by atoms with van der Waals surface area (Å²) < 4.78 is 0. The summed E-state index contributed by atoms with van der Waals surface area (Å²) in [5.74, 6) is -0.343. The topological polar surface area (TPSA) is 63.3 Å². The minimum absolute atomic E-state index is 0.343. The largest absolute Gasteiger partial charge is 0.386 e. The average molecular weight is 228 g/mol. The number of halogens is 1. The lowest BCUT2D eigenvalue weighted by Gasteiger charge is -2.12. The van der Waals surface area contributed by atoms with Crippen molar-refractivity contribution in [2.24, 2.45) is 5.73 Å². The summed E-state index contributed by atoms with van der Waals surface area (Å²) in [6, 6.07) is 6.47. The number of hydrogen-bond acceptors (Lipinski definition) is 3. The van der Waals surface area contributed by atoms with Gasteiger partial charge in [-0.3, -0.25) is 4.79 Å². The minimum Gasteiger partial charge on any atom is -0.386 e. The predicted molar refractivity (Wildman–Crippen MR) is 59.8 cm³/mol. The molecule has 0 amide bonds. The molecule has 0 heterocycles. The van der Waals surface area contributed by atoms with Gasteiger partial charge in [0.25, 0.3) is 0 Å². The number of carbonyl (C=O) groups excluding carboxylic acids is 1. The van der Waals surface area contributed by atoms with Gasteiger partial charge in [-0.1, -0.05) is 23.7 Å². The van der Waals surface area contributed by atoms with Gasteiger partial charge in [-0.05, 0) is 31.0 Å². The zero-order chi connectivity index (χ0) is 11.4. The standard InChI is InChI=1S/C11H14ClNO2/c1-7(14)11(15)10(13)6-8-2-4-9(12)5-3-8/h2-5,7,10,14H,6,13H2,1H3. The van der Waals surface area contributed by atoms with E-state index in [9.17, 15) is 4.79 Å². The van der Waals surface area contributed by atoms with Crippen molar-refractivity contribution in [3.63, 3.8) is 0 Å². The Morgan fingerprint density at radius 2 is 2.00 bits per heavy atom. The highest BCUT2D eigenvalue weighted by molar-refractivity contribution is 6.30. The van der Waals surface area contributed by atoms with Crippen LogP contribution in [0.4, 0.5) is 0 Å². The summed E-state index contributed by atoms with van der Waals surface area (Å²) in [4.78, 5) is 11.3. The van der Waals surface area contributed by atoms with Gasteiger partial charge in [0.1, 0.15) is 6.10 Å². The van der Waals surface area contributed by atoms with E-state index in [0.29, 0.717) is 11.4 Å². The van der Waals surface area contributed by atoms with Gasteiger partial charge >= 0.3 is 0 Å². The van der Waals surface area contributed by atoms with Gasteiger partial charge < -0.3 is 10.8 Å². The quantitative estimate of drug-likeness (QED) is 0.812. The summed E-state index contributed by atoms with van der Waals surface area (Å²) in [7, 11) is 0. The molecule has 1 aromatic carbocycles. The first-order valence-electron chi connectivity index (χ1n) is 4.72. The van der Waals surface area contributed by atoms with Crippen molar-refractivity contribution in [2.75, 3.05) is 0 Å². The van der Waals surface area contributed by atoms with E-state index in [1.54, 1.807) is 12.1 Å². The van der Waals surface area contributed by atoms with Gasteiger partial charge in [0.15, 0.2) is 5.78 Å². The highest BCUT2D eigenvalue weighted by Gasteiger charge is 2.18. The van der Waals surface area contributed by atoms with Crippen molar-refractivity contribution in [3.05, 3.63) is 34.9 Å². The fraction of sp³-hybridized carbons (Fsp3) is 0.364. The maximum absolute atomic E-state index is 11.3. The van der Waals surface area contributed by atoms with Crippen molar-refractivity contribution in [1.29, 1.82) is 0 Å². The molecule has 0 aliphatic heterocycles. The molecule has 0 spiro atoms. The van der Waals surface area contributed by atoms with Crippen LogP contribution in [-0.4, -0.2) is 23.0 Å². The molecule has 3 nitrogen and oxygen atoms in total. The number of aliphatic hydroxyl groups is 1. The Hall–Kier alpha value is -0.900. The minimum atomic E-state index is -1.01. The zero-order valence-corrected chi connectivity index (χ0v) is 9.24. The zero-order valence-electron chi connectivity index (χ0n) is 8.48. The Kier molecular flexibility index (Phi) is 4.27. The lowest BCUT2D eigenvalue weighted by atomic mass is 10.0. The van der Waals surface area contributed by atoms with Crippen LogP contribution >= 0.6 is 11.6 Å². The van der Waals surface area contributed by atoms with Crippen molar-refractivity contribution in [2.45, 2.75) is 25.5 Å². The van der Waals surface area contributed by atoms with Gasteiger partial charge in [-0.25, -0.2) is 0 Å². The van der Waals surface area contributed by atoms with E-state index in [0.717, 1.165) is 5.56 Å². The second-order valence-electron chi connectivity index (χ2n) is 3.52. The Balaban J connectivity index is 2.62. The molecule has 1 aromatic rings. The molecule has 2 atom stereocenters. The fourth-order valence-electron chi connectivity index (χ4n) is 1.28. The molecular weight excluding hydrogens is 214 g/mol. The number of aliphatic hydroxyl groups excluding tert-OH is 1. The molecule has 2 unspecified atom stereocenters. The maximum atomic E-state index is 11.3. The van der Waals surface area contributed by atoms with E-state index < -0.39 is 12.1 Å². The highest BCUT2D eigenvalue weighted by Crippen LogP contribution is 2.11. The maximum Gasteiger partial charge on any atom is 0.177 e. The van der Waals surface area contributed by atoms with Crippen LogP contribution in [0.2, 0.25) is 5.02 Å². The van der Waals surface area contributed by atoms with Crippen LogP contribution < -0.4 is 5.73 Å². The first-order chi connectivity index (χ1) is 7.00. The van der Waals surface area contributed by atoms with E-state index in [1.165, 1.54) is 6.92 Å². The van der Waals surface area contributed by atoms with Crippen LogP contribution in [0.1, 0.15) is 12.5 Å². The molecule has 4 heteroatoms. The Labute approximate surface area is 93.9 Å². The number of rotatable bonds is 4. The second-order valence-corrected chi connectivity index (χ2v) is 3.95. The summed E-state index contributed by atoms with van der Waals surface area (Å²) in [6.07, 6.45) is -0.590. The lowest BCUT2D eigenvalue weighted by molar-refractivity contribution is -0.127. The lowest BCUT2D eigenvalue weighted by Crippen LogP contribution is -2.38. The molecule has 0 aromatic heterocycles. The summed E-state index contributed by atoms with van der Waals surface area (Å²) in [5.41, 5.74) is 6.58. The van der Waals surface area contributed by atoms with Crippen LogP contribution in [0.15, 0.2) is 24.3 Å². The number of Topliss-reactive ketones (excluding diaryl/α,β-unsaturated/α-hetero) is 1. The molecule has 15 heavy (non-hydrogen) atoms. The molecule has 0 saturated heterocycles. The Morgan fingerprint density at radius 1 is 1.47 bits per heavy atom. The monoisotopic (exact) mass is 227 g/mol. The van der Waals surface area contributed by atoms with Crippen LogP contribution in [-0.2, 0) is 11.2 Å². The highest BCUT2D eigenvalue weighted by atomic mass is 35.5. The third-order valence-electron chi connectivity index (χ3n) is 2.15. The average Bonchev–Trinajstić information content (AvgIpc) is 2.20. The molecule has 1 rings (SSSR count). The number of nitrogens with two attached hydrogens (primary N) is 1. The number of hydrogen-bond donors (Lipinski definition) is 2. The molecule has 0 fully saturated rings. The van der Waals surface area contributed by atoms with Gasteiger partial charge in [0.05, 0.1) is 6.04 Å². The Morgan fingerprint density at radius 3 is 2.47 bits per heavy atom. The molecule has 82 valence electrons. The smallest absolute Gasteiger partial charge is 0.177 e. The Bertz CT molecular complexity index is 335. The summed E-state index contributed by atoms with van der Waals surface area (Å²) in [6.45, 7) is 1.42. The second kappa shape index (κ2) is 5.26. The van der Waals surface area contributed by atoms with Gasteiger partial charge in [-0.15, -0.1) is 0 Å². The van der Waals surface area contributed by atoms with E-state index in [1.807, 2.05) is 12.1 Å². The molecule has 0 aliphatic rings. The molecular formula is C11H14ClNO2. The van der Waals surface area contributed by atoms with Crippen LogP contribution in [0.25, 0.3) is 0 Å². The third kappa shape index (κ3) is 3.63. The van der Waals surface area contributed by atoms with Crippen molar-refractivity contribution in [3.8, 4) is 0 Å². The van der Waals surface area contributed by atoms with Gasteiger partial charge in [0, 0.05) is 5.02 Å². The SMILES string of the molecule is CC(O)C(=O)C(N)Cc1ccc(Cl)cc1. The number of ketones is 1. The van der Waals surface area contributed by atoms with E-state index in [2.05, 4.69) is 0 Å². The van der Waals surface area contributed by atoms with Crippen molar-refractivity contribution < 1.29 is 9.90 Å². The predicted octanol–water partition coefficient (Wildman–Crippen LogP) is 1.16. The fourth-order valence-corrected chi connectivity index (χ4v) is 1.41. The summed E-state index contributed by atoms with van der Waals surface area (Å²) >= 11 is 5.72. The number of benzene rings is 1. The molecule has 0 saturated carbocycles. The van der Waals surface area contributed by atoms with Crippen LogP contribution in [0, 0.1) is 0 Å². The molecule has 0 aliphatic carbocycles. The van der Waals surface area contributed by atoms with Crippen LogP contribution in [0.3, 0.4) is 0 Å². The number of carbonyl (C=O) groups is 1. The van der Waals surface area contributed by atoms with Crippen molar-refractivity contribution >= 4 is 17.4 Å². The third-order valence-corrected chi connectivity index (χ3v) is 2.40.